The van der Waals surface area contributed by atoms with Gasteiger partial charge in [-0.3, -0.25) is 9.55 Å². The van der Waals surface area contributed by atoms with Crippen LogP contribution in [0.2, 0.25) is 5.02 Å². The number of aromatic nitrogens is 4. The molecule has 1 aliphatic heterocycles. The van der Waals surface area contributed by atoms with Gasteiger partial charge in [0.05, 0.1) is 17.4 Å². The minimum Gasteiger partial charge on any atom is -0.312 e. The summed E-state index contributed by atoms with van der Waals surface area (Å²) in [7, 11) is 0. The molecule has 0 unspecified atom stereocenters. The van der Waals surface area contributed by atoms with E-state index in [0.29, 0.717) is 5.02 Å². The van der Waals surface area contributed by atoms with E-state index in [-0.39, 0.29) is 0 Å². The highest BCUT2D eigenvalue weighted by Crippen LogP contribution is 2.25. The van der Waals surface area contributed by atoms with Crippen LogP contribution in [-0.4, -0.2) is 26.1 Å². The molecule has 5 rings (SSSR count). The van der Waals surface area contributed by atoms with Crippen LogP contribution in [0.15, 0.2) is 55.0 Å². The second-order valence-electron chi connectivity index (χ2n) is 6.38. The van der Waals surface area contributed by atoms with E-state index in [0.717, 1.165) is 47.6 Å². The fourth-order valence-electron chi connectivity index (χ4n) is 3.39. The van der Waals surface area contributed by atoms with Crippen molar-refractivity contribution in [3.05, 3.63) is 71.3 Å². The largest absolute Gasteiger partial charge is 0.312 e. The van der Waals surface area contributed by atoms with E-state index in [9.17, 15) is 0 Å². The summed E-state index contributed by atoms with van der Waals surface area (Å²) in [5.41, 5.74) is 5.14. The molecule has 0 saturated carbocycles. The van der Waals surface area contributed by atoms with Crippen molar-refractivity contribution < 1.29 is 0 Å². The Morgan fingerprint density at radius 1 is 1.08 bits per heavy atom. The third kappa shape index (κ3) is 2.66. The number of hydrogen-bond donors (Lipinski definition) is 1. The molecule has 4 heterocycles. The summed E-state index contributed by atoms with van der Waals surface area (Å²) in [6.07, 6.45) is 6.63. The van der Waals surface area contributed by atoms with Crippen LogP contribution in [0.25, 0.3) is 28.1 Å². The summed E-state index contributed by atoms with van der Waals surface area (Å²) in [6.45, 7) is 1.84. The Hall–Kier alpha value is -2.76. The third-order valence-electron chi connectivity index (χ3n) is 4.70. The Kier molecular flexibility index (Phi) is 3.69. The van der Waals surface area contributed by atoms with E-state index in [1.807, 2.05) is 47.3 Å². The van der Waals surface area contributed by atoms with Crippen molar-refractivity contribution in [2.45, 2.75) is 13.0 Å². The molecule has 0 radical (unpaired) electrons. The van der Waals surface area contributed by atoms with E-state index in [4.69, 9.17) is 16.6 Å². The fraction of sp³-hybridized carbons (Fsp3) is 0.150. The maximum Gasteiger partial charge on any atom is 0.163 e. The molecule has 0 fully saturated rings. The second-order valence-corrected chi connectivity index (χ2v) is 6.82. The van der Waals surface area contributed by atoms with Crippen molar-refractivity contribution in [1.29, 1.82) is 0 Å². The van der Waals surface area contributed by atoms with Gasteiger partial charge in [0.1, 0.15) is 5.69 Å². The van der Waals surface area contributed by atoms with Gasteiger partial charge in [-0.15, -0.1) is 0 Å². The first-order valence-corrected chi connectivity index (χ1v) is 8.95. The molecular formula is C20H16ClN5. The summed E-state index contributed by atoms with van der Waals surface area (Å²) in [5, 5.41) is 5.12. The van der Waals surface area contributed by atoms with Gasteiger partial charge in [0.2, 0.25) is 0 Å². The molecule has 0 aliphatic carbocycles. The van der Waals surface area contributed by atoms with Gasteiger partial charge in [-0.25, -0.2) is 9.97 Å². The molecule has 0 saturated heterocycles. The zero-order chi connectivity index (χ0) is 17.5. The number of pyridine rings is 2. The van der Waals surface area contributed by atoms with Crippen LogP contribution in [-0.2, 0) is 13.0 Å². The maximum absolute atomic E-state index is 6.06. The van der Waals surface area contributed by atoms with E-state index in [2.05, 4.69) is 21.4 Å². The van der Waals surface area contributed by atoms with Gasteiger partial charge in [-0.2, -0.15) is 0 Å². The standard InChI is InChI=1S/C20H16ClN5/c21-15-2-4-18-13(9-15)1-3-19(25-18)20-23-7-8-26(20)16-10-14-11-22-6-5-17(14)24-12-16/h1-4,7-10,12,22H,5-6,11H2. The molecule has 1 N–H and O–H groups in total. The lowest BCUT2D eigenvalue weighted by Crippen LogP contribution is -2.24. The molecular weight excluding hydrogens is 346 g/mol. The highest BCUT2D eigenvalue weighted by atomic mass is 35.5. The molecule has 128 valence electrons. The number of imidazole rings is 1. The van der Waals surface area contributed by atoms with Crippen molar-refractivity contribution in [2.24, 2.45) is 0 Å². The Morgan fingerprint density at radius 3 is 3.00 bits per heavy atom. The lowest BCUT2D eigenvalue weighted by molar-refractivity contribution is 0.629. The lowest BCUT2D eigenvalue weighted by Gasteiger charge is -2.17. The Balaban J connectivity index is 1.60. The Labute approximate surface area is 155 Å². The minimum atomic E-state index is 0.710. The molecule has 1 aliphatic rings. The van der Waals surface area contributed by atoms with E-state index < -0.39 is 0 Å². The van der Waals surface area contributed by atoms with Crippen LogP contribution in [0.1, 0.15) is 11.3 Å². The predicted molar refractivity (Wildman–Crippen MR) is 103 cm³/mol. The van der Waals surface area contributed by atoms with Gasteiger partial charge >= 0.3 is 0 Å². The summed E-state index contributed by atoms with van der Waals surface area (Å²) in [4.78, 5) is 13.9. The average Bonchev–Trinajstić information content (AvgIpc) is 3.17. The SMILES string of the molecule is Clc1ccc2nc(-c3nccn3-c3cnc4c(c3)CNCC4)ccc2c1. The fourth-order valence-corrected chi connectivity index (χ4v) is 3.57. The molecule has 0 amide bonds. The lowest BCUT2D eigenvalue weighted by atomic mass is 10.1. The van der Waals surface area contributed by atoms with Gasteiger partial charge in [0.25, 0.3) is 0 Å². The zero-order valence-electron chi connectivity index (χ0n) is 14.0. The first-order valence-electron chi connectivity index (χ1n) is 8.57. The predicted octanol–water partition coefficient (Wildman–Crippen LogP) is 3.78. The van der Waals surface area contributed by atoms with Crippen LogP contribution < -0.4 is 5.32 Å². The van der Waals surface area contributed by atoms with Gasteiger partial charge < -0.3 is 5.32 Å². The van der Waals surface area contributed by atoms with Crippen molar-refractivity contribution >= 4 is 22.5 Å². The summed E-state index contributed by atoms with van der Waals surface area (Å²) in [5.74, 6) is 0.798. The number of nitrogens with one attached hydrogen (secondary N) is 1. The molecule has 0 bridgehead atoms. The molecule has 5 nitrogen and oxygen atoms in total. The highest BCUT2D eigenvalue weighted by molar-refractivity contribution is 6.31. The minimum absolute atomic E-state index is 0.710. The van der Waals surface area contributed by atoms with Gasteiger partial charge in [0.15, 0.2) is 5.82 Å². The number of rotatable bonds is 2. The van der Waals surface area contributed by atoms with Crippen LogP contribution in [0.4, 0.5) is 0 Å². The van der Waals surface area contributed by atoms with Crippen LogP contribution in [0, 0.1) is 0 Å². The highest BCUT2D eigenvalue weighted by Gasteiger charge is 2.14. The van der Waals surface area contributed by atoms with E-state index in [1.165, 1.54) is 11.3 Å². The van der Waals surface area contributed by atoms with Gasteiger partial charge in [-0.1, -0.05) is 17.7 Å². The molecule has 3 aromatic heterocycles. The quantitative estimate of drug-likeness (QED) is 0.590. The van der Waals surface area contributed by atoms with Crippen molar-refractivity contribution in [1.82, 2.24) is 24.8 Å². The van der Waals surface area contributed by atoms with E-state index >= 15 is 0 Å². The van der Waals surface area contributed by atoms with Crippen LogP contribution in [0.5, 0.6) is 0 Å². The Bertz CT molecular complexity index is 1120. The molecule has 0 atom stereocenters. The Morgan fingerprint density at radius 2 is 2.04 bits per heavy atom. The monoisotopic (exact) mass is 361 g/mol. The molecule has 1 aromatic carbocycles. The zero-order valence-corrected chi connectivity index (χ0v) is 14.7. The number of nitrogens with zero attached hydrogens (tertiary/aromatic N) is 4. The molecule has 4 aromatic rings. The summed E-state index contributed by atoms with van der Waals surface area (Å²) in [6, 6.07) is 11.9. The van der Waals surface area contributed by atoms with Crippen molar-refractivity contribution in [3.63, 3.8) is 0 Å². The number of fused-ring (bicyclic) bond motifs is 2. The smallest absolute Gasteiger partial charge is 0.163 e. The van der Waals surface area contributed by atoms with E-state index in [1.54, 1.807) is 6.20 Å². The summed E-state index contributed by atoms with van der Waals surface area (Å²) >= 11 is 6.06. The van der Waals surface area contributed by atoms with Crippen LogP contribution in [0.3, 0.4) is 0 Å². The molecule has 26 heavy (non-hydrogen) atoms. The van der Waals surface area contributed by atoms with Gasteiger partial charge in [0, 0.05) is 48.0 Å². The molecule has 6 heteroatoms. The maximum atomic E-state index is 6.06. The van der Waals surface area contributed by atoms with Crippen molar-refractivity contribution in [2.75, 3.05) is 6.54 Å². The van der Waals surface area contributed by atoms with Gasteiger partial charge in [-0.05, 0) is 35.9 Å². The number of halogens is 1. The first kappa shape index (κ1) is 15.5. The number of benzene rings is 1. The summed E-state index contributed by atoms with van der Waals surface area (Å²) < 4.78 is 2.03. The first-order chi connectivity index (χ1) is 12.8. The van der Waals surface area contributed by atoms with Crippen LogP contribution >= 0.6 is 11.6 Å². The normalized spacial score (nSPS) is 13.7. The number of hydrogen-bond acceptors (Lipinski definition) is 4. The topological polar surface area (TPSA) is 55.6 Å². The second kappa shape index (κ2) is 6.20. The third-order valence-corrected chi connectivity index (χ3v) is 4.93. The average molecular weight is 362 g/mol. The van der Waals surface area contributed by atoms with Crippen molar-refractivity contribution in [3.8, 4) is 17.2 Å². The molecule has 0 spiro atoms.